The number of carbonyl (C=O) groups excluding carboxylic acids is 1. The molecular formula is C23H24N6O4. The Balaban J connectivity index is 1.36. The van der Waals surface area contributed by atoms with Gasteiger partial charge in [0.1, 0.15) is 18.1 Å². The van der Waals surface area contributed by atoms with Crippen molar-refractivity contribution in [2.75, 3.05) is 32.7 Å². The lowest BCUT2D eigenvalue weighted by atomic mass is 10.2. The number of urea groups is 1. The van der Waals surface area contributed by atoms with Crippen molar-refractivity contribution in [1.29, 1.82) is 0 Å². The van der Waals surface area contributed by atoms with E-state index in [9.17, 15) is 4.79 Å². The van der Waals surface area contributed by atoms with Crippen LogP contribution in [0.15, 0.2) is 54.6 Å². The van der Waals surface area contributed by atoms with E-state index in [2.05, 4.69) is 25.9 Å². The Bertz CT molecular complexity index is 1270. The smallest absolute Gasteiger partial charge is 0.319 e. The number of aryl methyl sites for hydroxylation is 1. The third-order valence-corrected chi connectivity index (χ3v) is 4.81. The number of benzene rings is 2. The van der Waals surface area contributed by atoms with Gasteiger partial charge in [0.15, 0.2) is 11.5 Å². The Morgan fingerprint density at radius 1 is 1.03 bits per heavy atom. The third-order valence-electron chi connectivity index (χ3n) is 4.81. The van der Waals surface area contributed by atoms with Crippen LogP contribution in [0.5, 0.6) is 17.4 Å². The molecule has 0 spiro atoms. The molecule has 0 unspecified atom stereocenters. The summed E-state index contributed by atoms with van der Waals surface area (Å²) in [5.41, 5.74) is 3.01. The van der Waals surface area contributed by atoms with Gasteiger partial charge >= 0.3 is 6.03 Å². The summed E-state index contributed by atoms with van der Waals surface area (Å²) in [5, 5.41) is 18.4. The molecule has 0 atom stereocenters. The van der Waals surface area contributed by atoms with Gasteiger partial charge in [-0.15, -0.1) is 15.3 Å². The first-order chi connectivity index (χ1) is 16.1. The Labute approximate surface area is 190 Å². The molecule has 0 saturated heterocycles. The van der Waals surface area contributed by atoms with Gasteiger partial charge in [0.05, 0.1) is 26.5 Å². The quantitative estimate of drug-likeness (QED) is 0.398. The largest absolute Gasteiger partial charge is 0.497 e. The van der Waals surface area contributed by atoms with Crippen LogP contribution in [0.25, 0.3) is 17.0 Å². The number of rotatable bonds is 8. The van der Waals surface area contributed by atoms with Crippen LogP contribution in [0, 0.1) is 6.92 Å². The standard InChI is InChI=1S/C23H24N6O4/c1-15-7-8-19(32-3)18(13-15)25-23(30)24-11-12-33-21-10-9-20-26-27-22(29(20)28-21)16-5-4-6-17(14-16)31-2/h4-10,13-14H,11-12H2,1-3H3,(H2,24,25,30). The highest BCUT2D eigenvalue weighted by Gasteiger charge is 2.12. The maximum atomic E-state index is 12.2. The number of hydrogen-bond donors (Lipinski definition) is 2. The highest BCUT2D eigenvalue weighted by atomic mass is 16.5. The van der Waals surface area contributed by atoms with E-state index in [1.807, 2.05) is 43.3 Å². The van der Waals surface area contributed by atoms with E-state index in [4.69, 9.17) is 14.2 Å². The van der Waals surface area contributed by atoms with Crippen molar-refractivity contribution in [3.63, 3.8) is 0 Å². The van der Waals surface area contributed by atoms with Crippen LogP contribution in [0.1, 0.15) is 5.56 Å². The van der Waals surface area contributed by atoms with Gasteiger partial charge in [-0.3, -0.25) is 0 Å². The molecule has 0 bridgehead atoms. The van der Waals surface area contributed by atoms with Gasteiger partial charge in [-0.05, 0) is 42.8 Å². The number of hydrogen-bond acceptors (Lipinski definition) is 7. The maximum Gasteiger partial charge on any atom is 0.319 e. The average molecular weight is 448 g/mol. The molecular weight excluding hydrogens is 424 g/mol. The van der Waals surface area contributed by atoms with Crippen LogP contribution < -0.4 is 24.8 Å². The molecule has 2 heterocycles. The molecule has 0 aliphatic heterocycles. The zero-order valence-corrected chi connectivity index (χ0v) is 18.5. The minimum Gasteiger partial charge on any atom is -0.497 e. The van der Waals surface area contributed by atoms with Gasteiger partial charge in [0.25, 0.3) is 0 Å². The molecule has 0 saturated carbocycles. The number of fused-ring (bicyclic) bond motifs is 1. The van der Waals surface area contributed by atoms with Gasteiger partial charge < -0.3 is 24.8 Å². The molecule has 2 aromatic carbocycles. The number of anilines is 1. The Hall–Kier alpha value is -4.34. The fourth-order valence-corrected chi connectivity index (χ4v) is 3.20. The fraction of sp³-hybridized carbons (Fsp3) is 0.217. The van der Waals surface area contributed by atoms with Crippen LogP contribution in [-0.2, 0) is 0 Å². The topological polar surface area (TPSA) is 112 Å². The van der Waals surface area contributed by atoms with Crippen LogP contribution in [0.4, 0.5) is 10.5 Å². The minimum atomic E-state index is -0.356. The number of nitrogens with zero attached hydrogens (tertiary/aromatic N) is 4. The van der Waals surface area contributed by atoms with E-state index in [-0.39, 0.29) is 19.2 Å². The zero-order chi connectivity index (χ0) is 23.2. The SMILES string of the molecule is COc1cccc(-c2nnc3ccc(OCCNC(=O)Nc4cc(C)ccc4OC)nn23)c1. The monoisotopic (exact) mass is 448 g/mol. The highest BCUT2D eigenvalue weighted by Crippen LogP contribution is 2.25. The lowest BCUT2D eigenvalue weighted by molar-refractivity contribution is 0.246. The molecule has 33 heavy (non-hydrogen) atoms. The van der Waals surface area contributed by atoms with Gasteiger partial charge in [-0.2, -0.15) is 4.52 Å². The second-order valence-corrected chi connectivity index (χ2v) is 7.13. The summed E-state index contributed by atoms with van der Waals surface area (Å²) in [6, 6.07) is 16.2. The van der Waals surface area contributed by atoms with E-state index in [0.717, 1.165) is 11.1 Å². The first kappa shape index (κ1) is 21.9. The van der Waals surface area contributed by atoms with Gasteiger partial charge in [-0.1, -0.05) is 18.2 Å². The maximum absolute atomic E-state index is 12.2. The van der Waals surface area contributed by atoms with Crippen LogP contribution >= 0.6 is 0 Å². The van der Waals surface area contributed by atoms with Crippen LogP contribution in [0.3, 0.4) is 0 Å². The van der Waals surface area contributed by atoms with Crippen LogP contribution in [-0.4, -0.2) is 53.2 Å². The zero-order valence-electron chi connectivity index (χ0n) is 18.5. The van der Waals surface area contributed by atoms with E-state index in [1.54, 1.807) is 36.9 Å². The van der Waals surface area contributed by atoms with Crippen molar-refractivity contribution in [3.05, 3.63) is 60.2 Å². The number of carbonyl (C=O) groups is 1. The summed E-state index contributed by atoms with van der Waals surface area (Å²) in [7, 11) is 3.16. The number of aromatic nitrogens is 4. The predicted octanol–water partition coefficient (Wildman–Crippen LogP) is 3.32. The molecule has 4 aromatic rings. The van der Waals surface area contributed by atoms with Crippen molar-refractivity contribution in [3.8, 4) is 28.8 Å². The summed E-state index contributed by atoms with van der Waals surface area (Å²) < 4.78 is 17.9. The third kappa shape index (κ3) is 5.12. The molecule has 2 N–H and O–H groups in total. The fourth-order valence-electron chi connectivity index (χ4n) is 3.20. The second-order valence-electron chi connectivity index (χ2n) is 7.13. The summed E-state index contributed by atoms with van der Waals surface area (Å²) in [6.45, 7) is 2.45. The van der Waals surface area contributed by atoms with E-state index in [1.165, 1.54) is 0 Å². The second kappa shape index (κ2) is 9.86. The summed E-state index contributed by atoms with van der Waals surface area (Å²) >= 11 is 0. The summed E-state index contributed by atoms with van der Waals surface area (Å²) in [6.07, 6.45) is 0. The Morgan fingerprint density at radius 2 is 1.91 bits per heavy atom. The van der Waals surface area contributed by atoms with Gasteiger partial charge in [-0.25, -0.2) is 4.79 Å². The van der Waals surface area contributed by atoms with E-state index < -0.39 is 0 Å². The van der Waals surface area contributed by atoms with Gasteiger partial charge in [0, 0.05) is 11.6 Å². The minimum absolute atomic E-state index is 0.230. The first-order valence-corrected chi connectivity index (χ1v) is 10.3. The first-order valence-electron chi connectivity index (χ1n) is 10.3. The molecule has 0 radical (unpaired) electrons. The molecule has 2 aromatic heterocycles. The van der Waals surface area contributed by atoms with Crippen LogP contribution in [0.2, 0.25) is 0 Å². The van der Waals surface area contributed by atoms with Crippen molar-refractivity contribution >= 4 is 17.4 Å². The highest BCUT2D eigenvalue weighted by molar-refractivity contribution is 5.91. The number of methoxy groups -OCH3 is 2. The lowest BCUT2D eigenvalue weighted by Crippen LogP contribution is -2.32. The number of nitrogens with one attached hydrogen (secondary N) is 2. The molecule has 2 amide bonds. The molecule has 4 rings (SSSR count). The Morgan fingerprint density at radius 3 is 2.73 bits per heavy atom. The van der Waals surface area contributed by atoms with Crippen molar-refractivity contribution in [2.24, 2.45) is 0 Å². The number of amides is 2. The van der Waals surface area contributed by atoms with Gasteiger partial charge in [0.2, 0.25) is 5.88 Å². The predicted molar refractivity (Wildman–Crippen MR) is 123 cm³/mol. The van der Waals surface area contributed by atoms with Crippen molar-refractivity contribution in [1.82, 2.24) is 25.1 Å². The van der Waals surface area contributed by atoms with E-state index >= 15 is 0 Å². The summed E-state index contributed by atoms with van der Waals surface area (Å²) in [4.78, 5) is 12.2. The summed E-state index contributed by atoms with van der Waals surface area (Å²) in [5.74, 6) is 2.25. The Kier molecular flexibility index (Phi) is 6.53. The lowest BCUT2D eigenvalue weighted by Gasteiger charge is -2.12. The average Bonchev–Trinajstić information content (AvgIpc) is 3.25. The normalized spacial score (nSPS) is 10.6. The van der Waals surface area contributed by atoms with Crippen molar-refractivity contribution < 1.29 is 19.0 Å². The molecule has 0 fully saturated rings. The molecule has 0 aliphatic rings. The number of ether oxygens (including phenoxy) is 3. The van der Waals surface area contributed by atoms with Crippen molar-refractivity contribution in [2.45, 2.75) is 6.92 Å². The van der Waals surface area contributed by atoms with E-state index in [0.29, 0.717) is 34.5 Å². The molecule has 10 nitrogen and oxygen atoms in total. The molecule has 10 heteroatoms. The molecule has 0 aliphatic carbocycles. The molecule has 170 valence electrons.